The van der Waals surface area contributed by atoms with Crippen LogP contribution < -0.4 is 4.72 Å². The maximum absolute atomic E-state index is 11.3. The van der Waals surface area contributed by atoms with Gasteiger partial charge in [-0.3, -0.25) is 9.88 Å². The van der Waals surface area contributed by atoms with Gasteiger partial charge in [-0.2, -0.15) is 0 Å². The van der Waals surface area contributed by atoms with Crippen molar-refractivity contribution in [3.63, 3.8) is 0 Å². The molecule has 0 saturated carbocycles. The predicted octanol–water partition coefficient (Wildman–Crippen LogP) is 1.75. The highest BCUT2D eigenvalue weighted by atomic mass is 32.2. The lowest BCUT2D eigenvalue weighted by Gasteiger charge is -2.29. The molecular formula is C15H19N3O2S2. The van der Waals surface area contributed by atoms with Gasteiger partial charge < -0.3 is 0 Å². The predicted molar refractivity (Wildman–Crippen MR) is 88.1 cm³/mol. The van der Waals surface area contributed by atoms with Crippen LogP contribution in [0.4, 0.5) is 0 Å². The summed E-state index contributed by atoms with van der Waals surface area (Å²) < 4.78 is 25.1. The number of rotatable bonds is 5. The summed E-state index contributed by atoms with van der Waals surface area (Å²) in [5, 5.41) is 2.10. The van der Waals surface area contributed by atoms with E-state index in [1.54, 1.807) is 17.5 Å². The summed E-state index contributed by atoms with van der Waals surface area (Å²) >= 11 is 1.78. The lowest BCUT2D eigenvalue weighted by Crippen LogP contribution is -2.31. The Kier molecular flexibility index (Phi) is 4.58. The van der Waals surface area contributed by atoms with Gasteiger partial charge in [-0.15, -0.1) is 11.3 Å². The van der Waals surface area contributed by atoms with Crippen molar-refractivity contribution in [2.75, 3.05) is 12.8 Å². The van der Waals surface area contributed by atoms with Crippen LogP contribution in [0, 0.1) is 0 Å². The van der Waals surface area contributed by atoms with Crippen molar-refractivity contribution in [1.29, 1.82) is 0 Å². The van der Waals surface area contributed by atoms with Crippen molar-refractivity contribution in [3.05, 3.63) is 51.5 Å². The number of aromatic nitrogens is 1. The average Bonchev–Trinajstić information content (AvgIpc) is 2.97. The highest BCUT2D eigenvalue weighted by Crippen LogP contribution is 2.23. The maximum Gasteiger partial charge on any atom is 0.209 e. The van der Waals surface area contributed by atoms with Crippen LogP contribution >= 0.6 is 11.3 Å². The Morgan fingerprint density at radius 3 is 3.00 bits per heavy atom. The lowest BCUT2D eigenvalue weighted by molar-refractivity contribution is 0.246. The Balaban J connectivity index is 1.72. The van der Waals surface area contributed by atoms with E-state index < -0.39 is 10.0 Å². The zero-order valence-electron chi connectivity index (χ0n) is 12.4. The van der Waals surface area contributed by atoms with Gasteiger partial charge in [0.05, 0.1) is 6.26 Å². The van der Waals surface area contributed by atoms with Crippen LogP contribution in [0.1, 0.15) is 21.6 Å². The smallest absolute Gasteiger partial charge is 0.209 e. The van der Waals surface area contributed by atoms with Crippen molar-refractivity contribution >= 4 is 21.4 Å². The van der Waals surface area contributed by atoms with E-state index in [0.717, 1.165) is 31.6 Å². The molecule has 1 N–H and O–H groups in total. The Hall–Kier alpha value is -1.28. The van der Waals surface area contributed by atoms with E-state index in [9.17, 15) is 8.42 Å². The van der Waals surface area contributed by atoms with E-state index in [0.29, 0.717) is 6.54 Å². The second-order valence-corrected chi connectivity index (χ2v) is 8.43. The van der Waals surface area contributed by atoms with Crippen LogP contribution in [0.15, 0.2) is 29.9 Å². The molecular weight excluding hydrogens is 318 g/mol. The minimum absolute atomic E-state index is 0.319. The lowest BCUT2D eigenvalue weighted by atomic mass is 9.97. The van der Waals surface area contributed by atoms with E-state index in [2.05, 4.69) is 32.1 Å². The number of thiophene rings is 1. The third-order valence-corrected chi connectivity index (χ3v) is 5.32. The van der Waals surface area contributed by atoms with E-state index in [1.165, 1.54) is 22.3 Å². The Labute approximate surface area is 135 Å². The molecule has 3 rings (SSSR count). The van der Waals surface area contributed by atoms with Crippen LogP contribution in [0.25, 0.3) is 0 Å². The molecule has 2 aromatic rings. The molecule has 22 heavy (non-hydrogen) atoms. The normalized spacial score (nSPS) is 15.7. The topological polar surface area (TPSA) is 62.3 Å². The summed E-state index contributed by atoms with van der Waals surface area (Å²) in [6.07, 6.45) is 5.79. The van der Waals surface area contributed by atoms with Crippen molar-refractivity contribution in [3.8, 4) is 0 Å². The Morgan fingerprint density at radius 2 is 2.27 bits per heavy atom. The second kappa shape index (κ2) is 6.45. The minimum atomic E-state index is -3.18. The molecule has 0 bridgehead atoms. The van der Waals surface area contributed by atoms with Gasteiger partial charge in [0.25, 0.3) is 0 Å². The number of nitrogens with one attached hydrogen (secondary N) is 1. The number of nitrogens with zero attached hydrogens (tertiary/aromatic N) is 2. The average molecular weight is 337 g/mol. The number of fused-ring (bicyclic) bond motifs is 1. The molecule has 0 saturated heterocycles. The zero-order valence-corrected chi connectivity index (χ0v) is 14.1. The first-order valence-corrected chi connectivity index (χ1v) is 9.92. The van der Waals surface area contributed by atoms with Crippen LogP contribution in [0.3, 0.4) is 0 Å². The fourth-order valence-corrected chi connectivity index (χ4v) is 3.91. The Bertz CT molecular complexity index is 742. The van der Waals surface area contributed by atoms with E-state index in [-0.39, 0.29) is 0 Å². The fraction of sp³-hybridized carbons (Fsp3) is 0.400. The highest BCUT2D eigenvalue weighted by molar-refractivity contribution is 7.88. The molecule has 3 heterocycles. The van der Waals surface area contributed by atoms with Crippen molar-refractivity contribution in [2.24, 2.45) is 0 Å². The molecule has 5 nitrogen and oxygen atoms in total. The van der Waals surface area contributed by atoms with Gasteiger partial charge in [0.15, 0.2) is 0 Å². The molecule has 1 aliphatic rings. The number of hydrogen-bond acceptors (Lipinski definition) is 5. The largest absolute Gasteiger partial charge is 0.294 e. The number of pyridine rings is 1. The third-order valence-electron chi connectivity index (χ3n) is 3.79. The molecule has 0 spiro atoms. The van der Waals surface area contributed by atoms with Gasteiger partial charge in [0.2, 0.25) is 10.0 Å². The number of hydrogen-bond donors (Lipinski definition) is 1. The molecule has 1 aliphatic heterocycles. The van der Waals surface area contributed by atoms with Gasteiger partial charge in [-0.1, -0.05) is 6.07 Å². The minimum Gasteiger partial charge on any atom is -0.294 e. The quantitative estimate of drug-likeness (QED) is 0.903. The molecule has 0 amide bonds. The van der Waals surface area contributed by atoms with Crippen LogP contribution in [0.5, 0.6) is 0 Å². The monoisotopic (exact) mass is 337 g/mol. The first kappa shape index (κ1) is 15.6. The van der Waals surface area contributed by atoms with E-state index >= 15 is 0 Å². The molecule has 0 unspecified atom stereocenters. The van der Waals surface area contributed by atoms with Crippen molar-refractivity contribution < 1.29 is 8.42 Å². The highest BCUT2D eigenvalue weighted by Gasteiger charge is 2.19. The zero-order chi connectivity index (χ0) is 15.6. The summed E-state index contributed by atoms with van der Waals surface area (Å²) in [6.45, 7) is 3.14. The van der Waals surface area contributed by atoms with Gasteiger partial charge in [0, 0.05) is 43.4 Å². The summed E-state index contributed by atoms with van der Waals surface area (Å²) in [7, 11) is -3.18. The molecule has 2 aromatic heterocycles. The second-order valence-electron chi connectivity index (χ2n) is 5.57. The van der Waals surface area contributed by atoms with Crippen LogP contribution in [-0.2, 0) is 36.1 Å². The van der Waals surface area contributed by atoms with Gasteiger partial charge in [0.1, 0.15) is 0 Å². The van der Waals surface area contributed by atoms with Crippen LogP contribution in [0.2, 0.25) is 0 Å². The molecule has 0 radical (unpaired) electrons. The van der Waals surface area contributed by atoms with Crippen molar-refractivity contribution in [2.45, 2.75) is 26.1 Å². The standard InChI is InChI=1S/C15H19N3O2S2/c1-22(19,20)17-9-12-7-16-8-13-10-18(5-4-15(12)13)11-14-3-2-6-21-14/h2-3,6-8,17H,4-5,9-11H2,1H3. The summed E-state index contributed by atoms with van der Waals surface area (Å²) in [6, 6.07) is 4.24. The molecule has 0 atom stereocenters. The molecule has 0 aromatic carbocycles. The summed E-state index contributed by atoms with van der Waals surface area (Å²) in [5.74, 6) is 0. The van der Waals surface area contributed by atoms with E-state index in [1.807, 2.05) is 6.20 Å². The van der Waals surface area contributed by atoms with Gasteiger partial charge in [-0.25, -0.2) is 13.1 Å². The van der Waals surface area contributed by atoms with E-state index in [4.69, 9.17) is 0 Å². The molecule has 0 aliphatic carbocycles. The molecule has 7 heteroatoms. The van der Waals surface area contributed by atoms with Crippen LogP contribution in [-0.4, -0.2) is 31.1 Å². The van der Waals surface area contributed by atoms with Gasteiger partial charge in [-0.05, 0) is 34.6 Å². The first-order valence-electron chi connectivity index (χ1n) is 7.15. The summed E-state index contributed by atoms with van der Waals surface area (Å²) in [5.41, 5.74) is 3.43. The molecule has 0 fully saturated rings. The van der Waals surface area contributed by atoms with Gasteiger partial charge >= 0.3 is 0 Å². The SMILES string of the molecule is CS(=O)(=O)NCc1cncc2c1CCN(Cc1cccs1)C2. The maximum atomic E-state index is 11.3. The first-order chi connectivity index (χ1) is 10.5. The summed E-state index contributed by atoms with van der Waals surface area (Å²) in [4.78, 5) is 8.04. The van der Waals surface area contributed by atoms with Crippen molar-refractivity contribution in [1.82, 2.24) is 14.6 Å². The molecule has 118 valence electrons. The fourth-order valence-electron chi connectivity index (χ4n) is 2.75. The Morgan fingerprint density at radius 1 is 1.41 bits per heavy atom. The third kappa shape index (κ3) is 3.92. The number of sulfonamides is 1.